The first-order chi connectivity index (χ1) is 11.7. The average Bonchev–Trinajstić information content (AvgIpc) is 3.05. The summed E-state index contributed by atoms with van der Waals surface area (Å²) in [4.78, 5) is 42.5. The van der Waals surface area contributed by atoms with Crippen molar-refractivity contribution < 1.29 is 19.5 Å². The molecule has 9 nitrogen and oxygen atoms in total. The van der Waals surface area contributed by atoms with E-state index >= 15 is 0 Å². The number of carboxylic acids is 1. The maximum absolute atomic E-state index is 12.5. The largest absolute Gasteiger partial charge is 0.480 e. The van der Waals surface area contributed by atoms with E-state index in [0.717, 1.165) is 0 Å². The van der Waals surface area contributed by atoms with Crippen LogP contribution in [0.2, 0.25) is 0 Å². The van der Waals surface area contributed by atoms with E-state index in [-0.39, 0.29) is 18.1 Å². The zero-order chi connectivity index (χ0) is 19.0. The summed E-state index contributed by atoms with van der Waals surface area (Å²) in [6.07, 6.45) is 3.32. The molecule has 6 N–H and O–H groups in total. The first-order valence-corrected chi connectivity index (χ1v) is 8.55. The maximum Gasteiger partial charge on any atom is 0.326 e. The number of carbonyl (C=O) groups excluding carboxylic acids is 2. The van der Waals surface area contributed by atoms with Gasteiger partial charge in [0.2, 0.25) is 11.8 Å². The van der Waals surface area contributed by atoms with E-state index in [1.54, 1.807) is 0 Å². The summed E-state index contributed by atoms with van der Waals surface area (Å²) in [6, 6.07) is -2.86. The van der Waals surface area contributed by atoms with Gasteiger partial charge in [0.25, 0.3) is 0 Å². The van der Waals surface area contributed by atoms with Gasteiger partial charge in [0.1, 0.15) is 12.1 Å². The second-order valence-electron chi connectivity index (χ2n) is 6.16. The lowest BCUT2D eigenvalue weighted by Crippen LogP contribution is -2.55. The Kier molecular flexibility index (Phi) is 8.42. The fourth-order valence-corrected chi connectivity index (χ4v) is 2.32. The van der Waals surface area contributed by atoms with Gasteiger partial charge >= 0.3 is 5.97 Å². The Labute approximate surface area is 151 Å². The minimum atomic E-state index is -1.18. The molecule has 0 saturated heterocycles. The summed E-state index contributed by atoms with van der Waals surface area (Å²) in [7, 11) is 0. The fraction of sp³-hybridized carbons (Fsp3) is 0.600. The number of hydrogen-bond acceptors (Lipinski definition) is 6. The molecule has 0 saturated carbocycles. The summed E-state index contributed by atoms with van der Waals surface area (Å²) >= 11 is 3.96. The molecule has 2 amide bonds. The highest BCUT2D eigenvalue weighted by Gasteiger charge is 2.28. The third kappa shape index (κ3) is 7.14. The zero-order valence-electron chi connectivity index (χ0n) is 14.2. The van der Waals surface area contributed by atoms with Crippen LogP contribution in [0, 0.1) is 5.92 Å². The number of hydrogen-bond donors (Lipinski definition) is 6. The zero-order valence-corrected chi connectivity index (χ0v) is 15.1. The molecule has 0 fully saturated rings. The van der Waals surface area contributed by atoms with Crippen LogP contribution in [-0.4, -0.2) is 56.7 Å². The lowest BCUT2D eigenvalue weighted by Gasteiger charge is -2.23. The summed E-state index contributed by atoms with van der Waals surface area (Å²) in [5.41, 5.74) is 6.19. The second kappa shape index (κ2) is 10.0. The Bertz CT molecular complexity index is 578. The van der Waals surface area contributed by atoms with Gasteiger partial charge in [0.15, 0.2) is 0 Å². The standard InChI is InChI=1S/C15H25N5O4S/c1-8(2)3-11(19-13(21)10(16)6-25)14(22)20-12(15(23)24)4-9-5-17-7-18-9/h5,7-8,10-12,25H,3-4,6,16H2,1-2H3,(H,17,18)(H,19,21)(H,20,22)(H,23,24)/t10-,11-,12-/m0/s1. The minimum Gasteiger partial charge on any atom is -0.480 e. The molecule has 0 aliphatic heterocycles. The Morgan fingerprint density at radius 2 is 1.92 bits per heavy atom. The number of nitrogens with zero attached hydrogens (tertiary/aromatic N) is 1. The molecule has 1 heterocycles. The fourth-order valence-electron chi connectivity index (χ4n) is 2.15. The lowest BCUT2D eigenvalue weighted by molar-refractivity contribution is -0.142. The third-order valence-electron chi connectivity index (χ3n) is 3.47. The van der Waals surface area contributed by atoms with Gasteiger partial charge in [0, 0.05) is 24.1 Å². The summed E-state index contributed by atoms with van der Waals surface area (Å²) < 4.78 is 0. The molecule has 1 aromatic rings. The highest BCUT2D eigenvalue weighted by atomic mass is 32.1. The van der Waals surface area contributed by atoms with Gasteiger partial charge in [-0.15, -0.1) is 0 Å². The average molecular weight is 371 g/mol. The van der Waals surface area contributed by atoms with Gasteiger partial charge in [-0.05, 0) is 12.3 Å². The molecule has 0 unspecified atom stereocenters. The van der Waals surface area contributed by atoms with Crippen molar-refractivity contribution >= 4 is 30.4 Å². The number of carbonyl (C=O) groups is 3. The molecule has 0 aromatic carbocycles. The van der Waals surface area contributed by atoms with Crippen molar-refractivity contribution in [3.05, 3.63) is 18.2 Å². The molecule has 25 heavy (non-hydrogen) atoms. The van der Waals surface area contributed by atoms with Crippen LogP contribution in [-0.2, 0) is 20.8 Å². The molecular weight excluding hydrogens is 346 g/mol. The number of nitrogens with one attached hydrogen (secondary N) is 3. The van der Waals surface area contributed by atoms with Crippen LogP contribution in [0.3, 0.4) is 0 Å². The van der Waals surface area contributed by atoms with Crippen molar-refractivity contribution in [3.63, 3.8) is 0 Å². The van der Waals surface area contributed by atoms with Gasteiger partial charge in [-0.1, -0.05) is 13.8 Å². The molecule has 0 bridgehead atoms. The Morgan fingerprint density at radius 1 is 1.28 bits per heavy atom. The number of carboxylic acid groups (broad SMARTS) is 1. The van der Waals surface area contributed by atoms with Crippen LogP contribution in [0.1, 0.15) is 26.0 Å². The highest BCUT2D eigenvalue weighted by Crippen LogP contribution is 2.07. The quantitative estimate of drug-likeness (QED) is 0.300. The van der Waals surface area contributed by atoms with Gasteiger partial charge in [-0.3, -0.25) is 9.59 Å². The number of H-pyrrole nitrogens is 1. The van der Waals surface area contributed by atoms with E-state index in [4.69, 9.17) is 5.73 Å². The number of aliphatic carboxylic acids is 1. The van der Waals surface area contributed by atoms with Crippen molar-refractivity contribution in [3.8, 4) is 0 Å². The molecule has 0 radical (unpaired) electrons. The molecule has 140 valence electrons. The predicted octanol–water partition coefficient (Wildman–Crippen LogP) is -0.690. The Morgan fingerprint density at radius 3 is 2.40 bits per heavy atom. The molecular formula is C15H25N5O4S. The molecule has 0 aliphatic rings. The summed E-state index contributed by atoms with van der Waals surface area (Å²) in [6.45, 7) is 3.79. The van der Waals surface area contributed by atoms with Crippen molar-refractivity contribution in [2.24, 2.45) is 11.7 Å². The van der Waals surface area contributed by atoms with Gasteiger partial charge in [0.05, 0.1) is 12.4 Å². The number of rotatable bonds is 10. The highest BCUT2D eigenvalue weighted by molar-refractivity contribution is 7.80. The van der Waals surface area contributed by atoms with Crippen LogP contribution >= 0.6 is 12.6 Å². The van der Waals surface area contributed by atoms with Crippen LogP contribution < -0.4 is 16.4 Å². The monoisotopic (exact) mass is 371 g/mol. The lowest BCUT2D eigenvalue weighted by atomic mass is 10.0. The van der Waals surface area contributed by atoms with Crippen LogP contribution in [0.4, 0.5) is 0 Å². The maximum atomic E-state index is 12.5. The third-order valence-corrected chi connectivity index (χ3v) is 3.86. The number of amides is 2. The number of thiol groups is 1. The predicted molar refractivity (Wildman–Crippen MR) is 95.1 cm³/mol. The van der Waals surface area contributed by atoms with Crippen molar-refractivity contribution in [1.29, 1.82) is 0 Å². The molecule has 0 aliphatic carbocycles. The van der Waals surface area contributed by atoms with E-state index in [1.165, 1.54) is 12.5 Å². The first-order valence-electron chi connectivity index (χ1n) is 7.91. The molecule has 1 aromatic heterocycles. The topological polar surface area (TPSA) is 150 Å². The number of aromatic nitrogens is 2. The van der Waals surface area contributed by atoms with E-state index in [0.29, 0.717) is 12.1 Å². The van der Waals surface area contributed by atoms with E-state index in [9.17, 15) is 19.5 Å². The normalized spacial score (nSPS) is 14.6. The van der Waals surface area contributed by atoms with Crippen molar-refractivity contribution in [2.45, 2.75) is 44.8 Å². The van der Waals surface area contributed by atoms with E-state index in [1.807, 2.05) is 13.8 Å². The molecule has 0 spiro atoms. The minimum absolute atomic E-state index is 0.0551. The summed E-state index contributed by atoms with van der Waals surface area (Å²) in [5.74, 6) is -2.00. The van der Waals surface area contributed by atoms with Crippen LogP contribution in [0.25, 0.3) is 0 Å². The first kappa shape index (κ1) is 21.0. The SMILES string of the molecule is CC(C)C[C@H](NC(=O)[C@@H](N)CS)C(=O)N[C@@H](Cc1cnc[nH]1)C(=O)O. The summed E-state index contributed by atoms with van der Waals surface area (Å²) in [5, 5.41) is 14.4. The van der Waals surface area contributed by atoms with Gasteiger partial charge in [-0.2, -0.15) is 12.6 Å². The molecule has 1 rings (SSSR count). The smallest absolute Gasteiger partial charge is 0.326 e. The van der Waals surface area contributed by atoms with Crippen molar-refractivity contribution in [1.82, 2.24) is 20.6 Å². The van der Waals surface area contributed by atoms with Gasteiger partial charge < -0.3 is 26.5 Å². The molecule has 10 heteroatoms. The van der Waals surface area contributed by atoms with Crippen LogP contribution in [0.5, 0.6) is 0 Å². The Hall–Kier alpha value is -2.07. The Balaban J connectivity index is 2.79. The second-order valence-corrected chi connectivity index (χ2v) is 6.53. The number of aromatic amines is 1. The van der Waals surface area contributed by atoms with Crippen molar-refractivity contribution in [2.75, 3.05) is 5.75 Å². The number of imidazole rings is 1. The number of nitrogens with two attached hydrogens (primary N) is 1. The van der Waals surface area contributed by atoms with Gasteiger partial charge in [-0.25, -0.2) is 9.78 Å². The molecule has 3 atom stereocenters. The van der Waals surface area contributed by atoms with E-state index in [2.05, 4.69) is 33.2 Å². The van der Waals surface area contributed by atoms with Crippen LogP contribution in [0.15, 0.2) is 12.5 Å². The van der Waals surface area contributed by atoms with E-state index < -0.39 is 35.9 Å².